The number of hydrogen-bond acceptors (Lipinski definition) is 3. The van der Waals surface area contributed by atoms with E-state index in [0.717, 1.165) is 6.54 Å². The van der Waals surface area contributed by atoms with E-state index in [-0.39, 0.29) is 18.3 Å². The fourth-order valence-electron chi connectivity index (χ4n) is 1.16. The van der Waals surface area contributed by atoms with Gasteiger partial charge in [-0.3, -0.25) is 9.48 Å². The molecule has 0 saturated carbocycles. The first-order chi connectivity index (χ1) is 6.99. The number of nitrogens with two attached hydrogens (primary N) is 1. The van der Waals surface area contributed by atoms with E-state index in [9.17, 15) is 4.79 Å². The lowest BCUT2D eigenvalue weighted by Gasteiger charge is -2.05. The van der Waals surface area contributed by atoms with Crippen molar-refractivity contribution in [1.82, 2.24) is 9.78 Å². The van der Waals surface area contributed by atoms with Crippen LogP contribution in [0.1, 0.15) is 20.8 Å². The van der Waals surface area contributed by atoms with Crippen LogP contribution in [0.25, 0.3) is 0 Å². The molecule has 92 valence electrons. The second-order valence-electron chi connectivity index (χ2n) is 4.12. The van der Waals surface area contributed by atoms with Crippen LogP contribution in [0.4, 0.5) is 5.69 Å². The molecule has 0 aromatic carbocycles. The Morgan fingerprint density at radius 2 is 2.19 bits per heavy atom. The van der Waals surface area contributed by atoms with Gasteiger partial charge in [0.25, 0.3) is 0 Å². The number of amides is 1. The number of hydrogen-bond donors (Lipinski definition) is 2. The van der Waals surface area contributed by atoms with E-state index in [1.165, 1.54) is 0 Å². The number of nitrogens with zero attached hydrogens (tertiary/aromatic N) is 2. The predicted molar refractivity (Wildman–Crippen MR) is 66.6 cm³/mol. The quantitative estimate of drug-likeness (QED) is 0.840. The van der Waals surface area contributed by atoms with Crippen molar-refractivity contribution in [3.63, 3.8) is 0 Å². The molecule has 0 radical (unpaired) electrons. The molecule has 0 aliphatic heterocycles. The van der Waals surface area contributed by atoms with Crippen molar-refractivity contribution >= 4 is 24.0 Å². The Morgan fingerprint density at radius 3 is 2.69 bits per heavy atom. The Balaban J connectivity index is 0.00000225. The van der Waals surface area contributed by atoms with E-state index in [1.54, 1.807) is 19.3 Å². The summed E-state index contributed by atoms with van der Waals surface area (Å²) < 4.78 is 1.81. The summed E-state index contributed by atoms with van der Waals surface area (Å²) in [6.45, 7) is 6.71. The lowest BCUT2D eigenvalue weighted by molar-refractivity contribution is -0.117. The second kappa shape index (κ2) is 6.50. The van der Waals surface area contributed by atoms with Gasteiger partial charge in [-0.25, -0.2) is 0 Å². The third-order valence-corrected chi connectivity index (χ3v) is 1.87. The van der Waals surface area contributed by atoms with Crippen LogP contribution < -0.4 is 11.1 Å². The molecule has 0 spiro atoms. The van der Waals surface area contributed by atoms with Gasteiger partial charge >= 0.3 is 0 Å². The summed E-state index contributed by atoms with van der Waals surface area (Å²) in [5.74, 6) is 0.334. The number of halogens is 1. The maximum atomic E-state index is 11.3. The Kier molecular flexibility index (Phi) is 6.06. The van der Waals surface area contributed by atoms with E-state index >= 15 is 0 Å². The van der Waals surface area contributed by atoms with Crippen molar-refractivity contribution in [2.75, 3.05) is 5.32 Å². The van der Waals surface area contributed by atoms with Crippen molar-refractivity contribution in [2.24, 2.45) is 11.7 Å². The van der Waals surface area contributed by atoms with Gasteiger partial charge < -0.3 is 11.1 Å². The molecule has 1 rings (SSSR count). The number of nitrogens with one attached hydrogen (secondary N) is 1. The largest absolute Gasteiger partial charge is 0.322 e. The zero-order chi connectivity index (χ0) is 11.4. The highest BCUT2D eigenvalue weighted by Crippen LogP contribution is 2.07. The van der Waals surface area contributed by atoms with Crippen molar-refractivity contribution in [1.29, 1.82) is 0 Å². The number of anilines is 1. The Hall–Kier alpha value is -1.07. The summed E-state index contributed by atoms with van der Waals surface area (Å²) in [6.07, 6.45) is 3.43. The lowest BCUT2D eigenvalue weighted by Crippen LogP contribution is -2.32. The van der Waals surface area contributed by atoms with Gasteiger partial charge in [-0.15, -0.1) is 12.4 Å². The average Bonchev–Trinajstić information content (AvgIpc) is 2.51. The zero-order valence-electron chi connectivity index (χ0n) is 9.80. The van der Waals surface area contributed by atoms with Gasteiger partial charge in [-0.2, -0.15) is 5.10 Å². The van der Waals surface area contributed by atoms with Crippen molar-refractivity contribution in [3.05, 3.63) is 12.4 Å². The van der Waals surface area contributed by atoms with Gasteiger partial charge in [-0.05, 0) is 12.8 Å². The maximum absolute atomic E-state index is 11.3. The van der Waals surface area contributed by atoms with E-state index in [4.69, 9.17) is 5.73 Å². The van der Waals surface area contributed by atoms with Crippen molar-refractivity contribution in [2.45, 2.75) is 33.4 Å². The molecule has 16 heavy (non-hydrogen) atoms. The van der Waals surface area contributed by atoms with Gasteiger partial charge in [0.2, 0.25) is 5.91 Å². The molecule has 0 unspecified atom stereocenters. The second-order valence-corrected chi connectivity index (χ2v) is 4.12. The highest BCUT2D eigenvalue weighted by molar-refractivity contribution is 5.94. The number of aromatic nitrogens is 2. The molecule has 0 saturated heterocycles. The van der Waals surface area contributed by atoms with E-state index in [0.29, 0.717) is 11.6 Å². The molecule has 1 amide bonds. The molecule has 0 aliphatic carbocycles. The highest BCUT2D eigenvalue weighted by atomic mass is 35.5. The minimum atomic E-state index is -0.501. The van der Waals surface area contributed by atoms with Crippen LogP contribution in [-0.2, 0) is 11.3 Å². The Labute approximate surface area is 102 Å². The minimum absolute atomic E-state index is 0. The normalized spacial score (nSPS) is 12.1. The monoisotopic (exact) mass is 246 g/mol. The molecular formula is C10H19ClN4O. The van der Waals surface area contributed by atoms with Crippen LogP contribution in [0.15, 0.2) is 12.4 Å². The zero-order valence-corrected chi connectivity index (χ0v) is 10.6. The van der Waals surface area contributed by atoms with Crippen LogP contribution in [0.2, 0.25) is 0 Å². The fraction of sp³-hybridized carbons (Fsp3) is 0.600. The van der Waals surface area contributed by atoms with Gasteiger partial charge in [0.05, 0.1) is 17.9 Å². The Bertz CT molecular complexity index is 335. The maximum Gasteiger partial charge on any atom is 0.241 e. The third-order valence-electron chi connectivity index (χ3n) is 1.87. The summed E-state index contributed by atoms with van der Waals surface area (Å²) in [5, 5.41) is 6.82. The molecule has 5 nitrogen and oxygen atoms in total. The smallest absolute Gasteiger partial charge is 0.241 e. The van der Waals surface area contributed by atoms with Crippen LogP contribution in [0, 0.1) is 5.92 Å². The SMILES string of the molecule is CC(C)Cn1cc(NC(=O)[C@H](C)N)cn1.Cl. The van der Waals surface area contributed by atoms with Crippen LogP contribution in [-0.4, -0.2) is 21.7 Å². The highest BCUT2D eigenvalue weighted by Gasteiger charge is 2.08. The topological polar surface area (TPSA) is 72.9 Å². The molecule has 1 aromatic rings. The minimum Gasteiger partial charge on any atom is -0.322 e. The third kappa shape index (κ3) is 4.63. The first-order valence-electron chi connectivity index (χ1n) is 5.08. The lowest BCUT2D eigenvalue weighted by atomic mass is 10.2. The summed E-state index contributed by atoms with van der Waals surface area (Å²) in [7, 11) is 0. The van der Waals surface area contributed by atoms with E-state index in [1.807, 2.05) is 4.68 Å². The van der Waals surface area contributed by atoms with Crippen LogP contribution in [0.3, 0.4) is 0 Å². The number of carbonyl (C=O) groups excluding carboxylic acids is 1. The molecule has 1 atom stereocenters. The molecule has 6 heteroatoms. The Morgan fingerprint density at radius 1 is 1.56 bits per heavy atom. The average molecular weight is 247 g/mol. The van der Waals surface area contributed by atoms with Crippen LogP contribution in [0.5, 0.6) is 0 Å². The van der Waals surface area contributed by atoms with E-state index < -0.39 is 6.04 Å². The van der Waals surface area contributed by atoms with Crippen LogP contribution >= 0.6 is 12.4 Å². The number of carbonyl (C=O) groups is 1. The molecule has 0 bridgehead atoms. The predicted octanol–water partition coefficient (Wildman–Crippen LogP) is 1.25. The van der Waals surface area contributed by atoms with Crippen molar-refractivity contribution in [3.8, 4) is 0 Å². The molecule has 0 fully saturated rings. The number of rotatable bonds is 4. The first kappa shape index (κ1) is 14.9. The molecular weight excluding hydrogens is 228 g/mol. The summed E-state index contributed by atoms with van der Waals surface area (Å²) in [5.41, 5.74) is 6.12. The van der Waals surface area contributed by atoms with Gasteiger partial charge in [0, 0.05) is 12.7 Å². The van der Waals surface area contributed by atoms with Crippen molar-refractivity contribution < 1.29 is 4.79 Å². The summed E-state index contributed by atoms with van der Waals surface area (Å²) in [4.78, 5) is 11.3. The summed E-state index contributed by atoms with van der Waals surface area (Å²) >= 11 is 0. The molecule has 0 aliphatic rings. The van der Waals surface area contributed by atoms with Gasteiger partial charge in [0.15, 0.2) is 0 Å². The molecule has 1 heterocycles. The van der Waals surface area contributed by atoms with E-state index in [2.05, 4.69) is 24.3 Å². The standard InChI is InChI=1S/C10H18N4O.ClH/c1-7(2)5-14-6-9(4-12-14)13-10(15)8(3)11;/h4,6-8H,5,11H2,1-3H3,(H,13,15);1H/t8-;/m0./s1. The first-order valence-corrected chi connectivity index (χ1v) is 5.08. The van der Waals surface area contributed by atoms with Gasteiger partial charge in [-0.1, -0.05) is 13.8 Å². The summed E-state index contributed by atoms with van der Waals surface area (Å²) in [6, 6.07) is -0.501. The molecule has 3 N–H and O–H groups in total. The van der Waals surface area contributed by atoms with Gasteiger partial charge in [0.1, 0.15) is 0 Å². The molecule has 1 aromatic heterocycles. The fourth-order valence-corrected chi connectivity index (χ4v) is 1.16.